The van der Waals surface area contributed by atoms with Crippen LogP contribution in [0.25, 0.3) is 0 Å². The molecule has 1 aliphatic carbocycles. The monoisotopic (exact) mass is 556 g/mol. The Labute approximate surface area is 201 Å². The number of unbranched alkanes of at least 4 members (excludes halogenated alkanes) is 3. The number of hydrogen-bond donors (Lipinski definition) is 1. The van der Waals surface area contributed by atoms with E-state index in [1.807, 2.05) is 0 Å². The molecule has 0 unspecified atom stereocenters. The Balaban J connectivity index is 3.49. The predicted molar refractivity (Wildman–Crippen MR) is 147 cm³/mol. The van der Waals surface area contributed by atoms with Gasteiger partial charge >= 0.3 is 202 Å². The molecule has 0 aromatic heterocycles. The van der Waals surface area contributed by atoms with E-state index in [1.54, 1.807) is 13.3 Å². The van der Waals surface area contributed by atoms with Gasteiger partial charge in [0.25, 0.3) is 0 Å². The molecule has 0 aromatic carbocycles. The first-order valence-electron chi connectivity index (χ1n) is 13.3. The first kappa shape index (κ1) is 29.5. The summed E-state index contributed by atoms with van der Waals surface area (Å²) in [6.45, 7) is 25.6. The van der Waals surface area contributed by atoms with Gasteiger partial charge in [-0.25, -0.2) is 0 Å². The fourth-order valence-electron chi connectivity index (χ4n) is 6.25. The van der Waals surface area contributed by atoms with Gasteiger partial charge in [-0.05, 0) is 0 Å². The van der Waals surface area contributed by atoms with E-state index < -0.39 is 32.1 Å². The van der Waals surface area contributed by atoms with Crippen molar-refractivity contribution in [2.45, 2.75) is 136 Å². The Bertz CT molecular complexity index is 579. The third kappa shape index (κ3) is 8.96. The minimum atomic E-state index is -2.32. The number of rotatable bonds is 14. The van der Waals surface area contributed by atoms with Crippen molar-refractivity contribution in [3.05, 3.63) is 23.4 Å². The van der Waals surface area contributed by atoms with E-state index >= 15 is 0 Å². The first-order valence-corrected chi connectivity index (χ1v) is 25.0. The summed E-state index contributed by atoms with van der Waals surface area (Å²) in [5, 5.41) is 12.0. The maximum absolute atomic E-state index is 12.0. The molecule has 1 aliphatic rings. The molecule has 1 saturated carbocycles. The Morgan fingerprint density at radius 3 is 1.84 bits per heavy atom. The summed E-state index contributed by atoms with van der Waals surface area (Å²) < 4.78 is 6.17. The van der Waals surface area contributed by atoms with Crippen LogP contribution in [0.4, 0.5) is 0 Å². The second kappa shape index (κ2) is 12.2. The molecule has 31 heavy (non-hydrogen) atoms. The van der Waals surface area contributed by atoms with E-state index in [9.17, 15) is 5.11 Å². The van der Waals surface area contributed by atoms with Crippen molar-refractivity contribution in [1.82, 2.24) is 0 Å². The fourth-order valence-corrected chi connectivity index (χ4v) is 25.7. The van der Waals surface area contributed by atoms with Crippen molar-refractivity contribution in [2.75, 3.05) is 0 Å². The molecule has 0 aliphatic heterocycles. The Hall–Kier alpha value is 0.456. The van der Waals surface area contributed by atoms with Gasteiger partial charge in [0.05, 0.1) is 0 Å². The van der Waals surface area contributed by atoms with Crippen molar-refractivity contribution >= 4 is 26.5 Å². The predicted octanol–water partition coefficient (Wildman–Crippen LogP) is 9.38. The van der Waals surface area contributed by atoms with Crippen LogP contribution in [0.5, 0.6) is 0 Å². The van der Waals surface area contributed by atoms with Crippen LogP contribution < -0.4 is 0 Å². The number of hydrogen-bond acceptors (Lipinski definition) is 1. The topological polar surface area (TPSA) is 20.2 Å². The molecule has 0 aromatic rings. The quantitative estimate of drug-likeness (QED) is 0.167. The fraction of sp³-hybridized carbons (Fsp3) is 0.857. The summed E-state index contributed by atoms with van der Waals surface area (Å²) >= 11 is -2.32. The summed E-state index contributed by atoms with van der Waals surface area (Å²) in [5.41, 5.74) is 4.68. The Kier molecular flexibility index (Phi) is 11.6. The van der Waals surface area contributed by atoms with E-state index in [4.69, 9.17) is 0 Å². The van der Waals surface area contributed by atoms with Crippen LogP contribution in [-0.2, 0) is 0 Å². The normalized spacial score (nSPS) is 25.4. The van der Waals surface area contributed by atoms with Gasteiger partial charge < -0.3 is 0 Å². The first-order chi connectivity index (χ1) is 14.2. The van der Waals surface area contributed by atoms with Gasteiger partial charge in [-0.15, -0.1) is 0 Å². The molecule has 0 radical (unpaired) electrons. The van der Waals surface area contributed by atoms with E-state index in [0.29, 0.717) is 5.92 Å². The number of aliphatic hydroxyl groups is 1. The zero-order valence-electron chi connectivity index (χ0n) is 22.8. The SMILES string of the molecule is C=C(C)C[C@@]1(O)CC(C)(C)[C@H]([CH2][Sn]([CH2]CCC)([CH2]CCC)[CH2]CCC)/C1=C\[Si](C)(C)C. The van der Waals surface area contributed by atoms with Crippen LogP contribution >= 0.6 is 0 Å². The zero-order chi connectivity index (χ0) is 23.9. The van der Waals surface area contributed by atoms with Gasteiger partial charge in [0, 0.05) is 0 Å². The summed E-state index contributed by atoms with van der Waals surface area (Å²) in [6, 6.07) is 0. The third-order valence-corrected chi connectivity index (χ3v) is 24.5. The van der Waals surface area contributed by atoms with Gasteiger partial charge in [0.15, 0.2) is 0 Å². The van der Waals surface area contributed by atoms with Crippen LogP contribution in [0.3, 0.4) is 0 Å². The molecule has 0 amide bonds. The van der Waals surface area contributed by atoms with Gasteiger partial charge in [0.2, 0.25) is 0 Å². The van der Waals surface area contributed by atoms with Crippen LogP contribution in [0, 0.1) is 11.3 Å². The second-order valence-corrected chi connectivity index (χ2v) is 31.9. The molecule has 2 atom stereocenters. The van der Waals surface area contributed by atoms with Crippen LogP contribution in [-0.4, -0.2) is 37.2 Å². The van der Waals surface area contributed by atoms with Crippen LogP contribution in [0.15, 0.2) is 23.4 Å². The summed E-state index contributed by atoms with van der Waals surface area (Å²) in [7, 11) is -1.45. The van der Waals surface area contributed by atoms with E-state index in [0.717, 1.165) is 18.4 Å². The van der Waals surface area contributed by atoms with Crippen LogP contribution in [0.1, 0.15) is 92.9 Å². The van der Waals surface area contributed by atoms with Gasteiger partial charge in [0.1, 0.15) is 0 Å². The van der Waals surface area contributed by atoms with E-state index in [-0.39, 0.29) is 5.41 Å². The Morgan fingerprint density at radius 2 is 1.48 bits per heavy atom. The van der Waals surface area contributed by atoms with Gasteiger partial charge in [-0.2, -0.15) is 0 Å². The van der Waals surface area contributed by atoms with Crippen molar-refractivity contribution in [1.29, 1.82) is 0 Å². The molecule has 0 saturated heterocycles. The molecule has 1 rings (SSSR count). The van der Waals surface area contributed by atoms with Crippen molar-refractivity contribution in [2.24, 2.45) is 11.3 Å². The second-order valence-electron chi connectivity index (χ2n) is 12.9. The average Bonchev–Trinajstić information content (AvgIpc) is 2.79. The third-order valence-electron chi connectivity index (χ3n) is 7.61. The van der Waals surface area contributed by atoms with Crippen molar-refractivity contribution in [3.63, 3.8) is 0 Å². The van der Waals surface area contributed by atoms with Crippen molar-refractivity contribution < 1.29 is 5.11 Å². The summed E-state index contributed by atoms with van der Waals surface area (Å²) in [4.78, 5) is 0. The molecule has 1 fully saturated rings. The Morgan fingerprint density at radius 1 is 1.03 bits per heavy atom. The van der Waals surface area contributed by atoms with Crippen LogP contribution in [0.2, 0.25) is 37.4 Å². The molecule has 1 N–H and O–H groups in total. The molecule has 0 heterocycles. The molecule has 1 nitrogen and oxygen atoms in total. The molecule has 0 spiro atoms. The average molecular weight is 556 g/mol. The van der Waals surface area contributed by atoms with Gasteiger partial charge in [-0.1, -0.05) is 0 Å². The summed E-state index contributed by atoms with van der Waals surface area (Å²) in [5.74, 6) is 0.574. The molecule has 3 heteroatoms. The zero-order valence-corrected chi connectivity index (χ0v) is 26.6. The minimum absolute atomic E-state index is 0.183. The molecule has 0 bridgehead atoms. The molecular formula is C28H56OSiSn. The maximum atomic E-state index is 12.0. The summed E-state index contributed by atoms with van der Waals surface area (Å²) in [6.07, 6.45) is 9.95. The van der Waals surface area contributed by atoms with Gasteiger partial charge in [-0.3, -0.25) is 0 Å². The molecule has 182 valence electrons. The standard InChI is InChI=1S/C16H29OSi.3C4H9.Sn/c1-12(2)9-16(17)11-15(4,5)13(3)14(16)10-18(6,7)8;3*1-3-4-2;/h10,13,17H,1,3,9,11H2,2,4-8H3;3*1,3-4H2,2H3;/b14-10+;;;;/t13-,16-;;;;/m1..../s1. The van der Waals surface area contributed by atoms with E-state index in [2.05, 4.69) is 73.5 Å². The van der Waals surface area contributed by atoms with E-state index in [1.165, 1.54) is 48.5 Å². The molecular weight excluding hydrogens is 499 g/mol. The van der Waals surface area contributed by atoms with Crippen molar-refractivity contribution in [3.8, 4) is 0 Å².